The highest BCUT2D eigenvalue weighted by Gasteiger charge is 2.52. The molecule has 1 spiro atoms. The molecule has 0 radical (unpaired) electrons. The standard InChI is InChI=1S/C49H29NOS/c1-2-14-30(15-3-1)50(42-26-12-20-33-34-28-29-44-46(48(34)51-47(33)42)36-19-7-11-27-43(36)52-44)41-25-13-24-40-45(41)35-18-6-10-23-39(35)49(40)37-21-8-4-16-31(37)32-17-5-9-22-38(32)49/h1-29H. The highest BCUT2D eigenvalue weighted by atomic mass is 32.1. The van der Waals surface area contributed by atoms with E-state index in [4.69, 9.17) is 4.42 Å². The Balaban J connectivity index is 1.19. The fourth-order valence-electron chi connectivity index (χ4n) is 9.52. The van der Waals surface area contributed by atoms with E-state index in [1.807, 2.05) is 11.3 Å². The molecule has 0 amide bonds. The molecule has 0 unspecified atom stereocenters. The van der Waals surface area contributed by atoms with E-state index in [2.05, 4.69) is 181 Å². The number of hydrogen-bond acceptors (Lipinski definition) is 3. The first kappa shape index (κ1) is 28.3. The van der Waals surface area contributed by atoms with Gasteiger partial charge in [0, 0.05) is 42.2 Å². The van der Waals surface area contributed by atoms with Crippen molar-refractivity contribution >= 4 is 70.5 Å². The number of rotatable bonds is 3. The van der Waals surface area contributed by atoms with E-state index in [1.165, 1.54) is 64.7 Å². The number of fused-ring (bicyclic) bond motifs is 17. The lowest BCUT2D eigenvalue weighted by Crippen LogP contribution is -2.26. The Morgan fingerprint density at radius 1 is 0.404 bits per heavy atom. The van der Waals surface area contributed by atoms with Gasteiger partial charge in [-0.1, -0.05) is 133 Å². The lowest BCUT2D eigenvalue weighted by Gasteiger charge is -2.31. The fraction of sp³-hybridized carbons (Fsp3) is 0.0204. The summed E-state index contributed by atoms with van der Waals surface area (Å²) in [6, 6.07) is 64.5. The molecule has 242 valence electrons. The minimum Gasteiger partial charge on any atom is -0.453 e. The third-order valence-corrected chi connectivity index (χ3v) is 12.6. The number of thiophene rings is 1. The van der Waals surface area contributed by atoms with Crippen molar-refractivity contribution in [1.82, 2.24) is 0 Å². The summed E-state index contributed by atoms with van der Waals surface area (Å²) in [4.78, 5) is 2.43. The smallest absolute Gasteiger partial charge is 0.159 e. The number of nitrogens with zero attached hydrogens (tertiary/aromatic N) is 1. The summed E-state index contributed by atoms with van der Waals surface area (Å²) in [6.07, 6.45) is 0. The van der Waals surface area contributed by atoms with Crippen LogP contribution in [0.2, 0.25) is 0 Å². The van der Waals surface area contributed by atoms with Crippen molar-refractivity contribution in [3.63, 3.8) is 0 Å². The molecular formula is C49H29NOS. The van der Waals surface area contributed by atoms with Crippen LogP contribution in [0.5, 0.6) is 0 Å². The summed E-state index contributed by atoms with van der Waals surface area (Å²) in [5, 5.41) is 4.70. The van der Waals surface area contributed by atoms with E-state index in [0.717, 1.165) is 39.0 Å². The average molecular weight is 680 g/mol. The van der Waals surface area contributed by atoms with Gasteiger partial charge in [-0.3, -0.25) is 0 Å². The Labute approximate surface area is 304 Å². The highest BCUT2D eigenvalue weighted by Crippen LogP contribution is 2.64. The van der Waals surface area contributed by atoms with Crippen LogP contribution in [-0.2, 0) is 5.41 Å². The first-order chi connectivity index (χ1) is 25.8. The van der Waals surface area contributed by atoms with Crippen LogP contribution in [0.4, 0.5) is 17.1 Å². The van der Waals surface area contributed by atoms with Gasteiger partial charge >= 0.3 is 0 Å². The first-order valence-electron chi connectivity index (χ1n) is 17.9. The van der Waals surface area contributed by atoms with Crippen LogP contribution in [0, 0.1) is 0 Å². The molecule has 8 aromatic carbocycles. The molecular weight excluding hydrogens is 651 g/mol. The predicted molar refractivity (Wildman–Crippen MR) is 218 cm³/mol. The Morgan fingerprint density at radius 2 is 0.981 bits per heavy atom. The van der Waals surface area contributed by atoms with Gasteiger partial charge in [-0.15, -0.1) is 11.3 Å². The van der Waals surface area contributed by atoms with Crippen LogP contribution in [0.15, 0.2) is 180 Å². The summed E-state index contributed by atoms with van der Waals surface area (Å²) in [5.41, 5.74) is 15.1. The molecule has 2 aliphatic carbocycles. The number of benzene rings is 8. The molecule has 3 heteroatoms. The second kappa shape index (κ2) is 10.3. The maximum Gasteiger partial charge on any atom is 0.159 e. The predicted octanol–water partition coefficient (Wildman–Crippen LogP) is 13.8. The third-order valence-electron chi connectivity index (χ3n) is 11.5. The molecule has 12 rings (SSSR count). The normalized spacial score (nSPS) is 13.5. The topological polar surface area (TPSA) is 16.4 Å². The van der Waals surface area contributed by atoms with Crippen LogP contribution < -0.4 is 4.90 Å². The van der Waals surface area contributed by atoms with E-state index in [1.54, 1.807) is 0 Å². The van der Waals surface area contributed by atoms with Gasteiger partial charge in [0.15, 0.2) is 5.58 Å². The first-order valence-corrected chi connectivity index (χ1v) is 18.7. The molecule has 0 bridgehead atoms. The molecule has 0 aliphatic heterocycles. The number of hydrogen-bond donors (Lipinski definition) is 0. The minimum atomic E-state index is -0.422. The van der Waals surface area contributed by atoms with Crippen molar-refractivity contribution in [3.05, 3.63) is 198 Å². The zero-order valence-electron chi connectivity index (χ0n) is 28.0. The van der Waals surface area contributed by atoms with Gasteiger partial charge < -0.3 is 9.32 Å². The van der Waals surface area contributed by atoms with Crippen LogP contribution in [0.3, 0.4) is 0 Å². The average Bonchev–Trinajstić information content (AvgIpc) is 3.94. The maximum absolute atomic E-state index is 7.13. The van der Waals surface area contributed by atoms with Crippen molar-refractivity contribution in [2.75, 3.05) is 4.90 Å². The lowest BCUT2D eigenvalue weighted by atomic mass is 9.70. The number of furan rings is 1. The van der Waals surface area contributed by atoms with Gasteiger partial charge in [0.25, 0.3) is 0 Å². The number of anilines is 3. The molecule has 0 atom stereocenters. The lowest BCUT2D eigenvalue weighted by molar-refractivity contribution is 0.673. The fourth-order valence-corrected chi connectivity index (χ4v) is 10.6. The van der Waals surface area contributed by atoms with E-state index in [9.17, 15) is 0 Å². The van der Waals surface area contributed by atoms with Gasteiger partial charge in [-0.25, -0.2) is 0 Å². The van der Waals surface area contributed by atoms with Crippen LogP contribution in [0.25, 0.3) is 64.4 Å². The molecule has 2 aromatic heterocycles. The van der Waals surface area contributed by atoms with Crippen LogP contribution >= 0.6 is 11.3 Å². The van der Waals surface area contributed by atoms with Crippen molar-refractivity contribution < 1.29 is 4.42 Å². The minimum absolute atomic E-state index is 0.422. The van der Waals surface area contributed by atoms with Crippen molar-refractivity contribution in [3.8, 4) is 22.3 Å². The largest absolute Gasteiger partial charge is 0.453 e. The molecule has 52 heavy (non-hydrogen) atoms. The Hall–Kier alpha value is -6.42. The van der Waals surface area contributed by atoms with Gasteiger partial charge in [0.1, 0.15) is 5.58 Å². The molecule has 2 nitrogen and oxygen atoms in total. The summed E-state index contributed by atoms with van der Waals surface area (Å²) in [6.45, 7) is 0. The molecule has 2 heterocycles. The molecule has 0 saturated heterocycles. The maximum atomic E-state index is 7.13. The Bertz CT molecular complexity index is 3050. The van der Waals surface area contributed by atoms with E-state index < -0.39 is 5.41 Å². The van der Waals surface area contributed by atoms with Gasteiger partial charge in [-0.2, -0.15) is 0 Å². The molecule has 2 aliphatic rings. The third kappa shape index (κ3) is 3.48. The molecule has 0 saturated carbocycles. The summed E-state index contributed by atoms with van der Waals surface area (Å²) >= 11 is 1.83. The van der Waals surface area contributed by atoms with Crippen molar-refractivity contribution in [2.24, 2.45) is 0 Å². The summed E-state index contributed by atoms with van der Waals surface area (Å²) in [5.74, 6) is 0. The quantitative estimate of drug-likeness (QED) is 0.185. The SMILES string of the molecule is c1ccc(N(c2cccc3c2-c2ccccc2C32c3ccccc3-c3ccccc32)c2cccc3c2oc2c3ccc3sc4ccccc4c32)cc1. The van der Waals surface area contributed by atoms with Crippen molar-refractivity contribution in [1.29, 1.82) is 0 Å². The Morgan fingerprint density at radius 3 is 1.77 bits per heavy atom. The Kier molecular flexibility index (Phi) is 5.62. The van der Waals surface area contributed by atoms with E-state index in [-0.39, 0.29) is 0 Å². The molecule has 0 N–H and O–H groups in total. The summed E-state index contributed by atoms with van der Waals surface area (Å²) < 4.78 is 9.65. The van der Waals surface area contributed by atoms with Crippen LogP contribution in [0.1, 0.15) is 22.3 Å². The number of para-hydroxylation sites is 2. The zero-order chi connectivity index (χ0) is 34.0. The van der Waals surface area contributed by atoms with E-state index in [0.29, 0.717) is 0 Å². The monoisotopic (exact) mass is 679 g/mol. The zero-order valence-corrected chi connectivity index (χ0v) is 28.8. The van der Waals surface area contributed by atoms with Crippen molar-refractivity contribution in [2.45, 2.75) is 5.41 Å². The molecule has 0 fully saturated rings. The second-order valence-electron chi connectivity index (χ2n) is 13.9. The van der Waals surface area contributed by atoms with E-state index >= 15 is 0 Å². The molecule has 10 aromatic rings. The summed E-state index contributed by atoms with van der Waals surface area (Å²) in [7, 11) is 0. The second-order valence-corrected chi connectivity index (χ2v) is 15.0. The van der Waals surface area contributed by atoms with Crippen LogP contribution in [-0.4, -0.2) is 0 Å². The van der Waals surface area contributed by atoms with Gasteiger partial charge in [0.2, 0.25) is 0 Å². The van der Waals surface area contributed by atoms with Gasteiger partial charge in [0.05, 0.1) is 16.8 Å². The highest BCUT2D eigenvalue weighted by molar-refractivity contribution is 7.26. The van der Waals surface area contributed by atoms with Gasteiger partial charge in [-0.05, 0) is 81.4 Å².